The Hall–Kier alpha value is -0.880. The van der Waals surface area contributed by atoms with Gasteiger partial charge in [-0.15, -0.1) is 0 Å². The minimum Gasteiger partial charge on any atom is -0.352 e. The molecule has 0 aliphatic carbocycles. The summed E-state index contributed by atoms with van der Waals surface area (Å²) < 4.78 is 23.6. The normalized spacial score (nSPS) is 21.3. The Morgan fingerprint density at radius 1 is 1.47 bits per heavy atom. The highest BCUT2D eigenvalue weighted by atomic mass is 79.9. The number of nitrogens with one attached hydrogen (secondary N) is 1. The zero-order valence-corrected chi connectivity index (χ0v) is 13.1. The maximum absolute atomic E-state index is 11.9. The Kier molecular flexibility index (Phi) is 4.30. The number of carbonyl (C=O) groups is 1. The Morgan fingerprint density at radius 3 is 2.84 bits per heavy atom. The summed E-state index contributed by atoms with van der Waals surface area (Å²) in [6.45, 7) is 1.95. The predicted octanol–water partition coefficient (Wildman–Crippen LogP) is 1.60. The number of hydrogen-bond donors (Lipinski definition) is 1. The molecule has 0 radical (unpaired) electrons. The second kappa shape index (κ2) is 5.63. The first kappa shape index (κ1) is 14.5. The van der Waals surface area contributed by atoms with Gasteiger partial charge in [-0.2, -0.15) is 0 Å². The number of amides is 1. The van der Waals surface area contributed by atoms with Gasteiger partial charge in [0.25, 0.3) is 0 Å². The molecule has 0 bridgehead atoms. The molecule has 1 aliphatic rings. The van der Waals surface area contributed by atoms with Crippen LogP contribution in [0.25, 0.3) is 0 Å². The van der Waals surface area contributed by atoms with Crippen LogP contribution in [0.3, 0.4) is 0 Å². The summed E-state index contributed by atoms with van der Waals surface area (Å²) in [5, 5.41) is 2.80. The van der Waals surface area contributed by atoms with Crippen molar-refractivity contribution in [3.8, 4) is 0 Å². The summed E-state index contributed by atoms with van der Waals surface area (Å²) in [7, 11) is -2.95. The minimum absolute atomic E-state index is 0.0657. The molecule has 6 heteroatoms. The zero-order chi connectivity index (χ0) is 14.0. The lowest BCUT2D eigenvalue weighted by atomic mass is 10.1. The summed E-state index contributed by atoms with van der Waals surface area (Å²) in [4.78, 5) is 11.9. The van der Waals surface area contributed by atoms with Crippen molar-refractivity contribution >= 4 is 31.7 Å². The molecule has 0 saturated carbocycles. The quantitative estimate of drug-likeness (QED) is 0.904. The van der Waals surface area contributed by atoms with Crippen LogP contribution in [0.2, 0.25) is 0 Å². The molecule has 1 aliphatic heterocycles. The molecular formula is C13H16BrNO3S. The van der Waals surface area contributed by atoms with E-state index < -0.39 is 9.84 Å². The Morgan fingerprint density at radius 2 is 2.21 bits per heavy atom. The van der Waals surface area contributed by atoms with E-state index in [-0.39, 0.29) is 29.9 Å². The zero-order valence-electron chi connectivity index (χ0n) is 10.6. The standard InChI is InChI=1S/C13H16BrNO3S/c1-9-2-3-11(14)6-10(9)7-13(16)15-12-4-5-19(17,18)8-12/h2-3,6,12H,4-5,7-8H2,1H3,(H,15,16). The van der Waals surface area contributed by atoms with Crippen molar-refractivity contribution in [1.82, 2.24) is 5.32 Å². The lowest BCUT2D eigenvalue weighted by Gasteiger charge is -2.12. The summed E-state index contributed by atoms with van der Waals surface area (Å²) in [5.41, 5.74) is 2.00. The van der Waals surface area contributed by atoms with Crippen LogP contribution in [0.4, 0.5) is 0 Å². The predicted molar refractivity (Wildman–Crippen MR) is 77.8 cm³/mol. The SMILES string of the molecule is Cc1ccc(Br)cc1CC(=O)NC1CCS(=O)(=O)C1. The van der Waals surface area contributed by atoms with Crippen LogP contribution in [-0.4, -0.2) is 31.9 Å². The number of hydrogen-bond acceptors (Lipinski definition) is 3. The molecule has 1 fully saturated rings. The van der Waals surface area contributed by atoms with Crippen LogP contribution in [0, 0.1) is 6.92 Å². The molecule has 1 N–H and O–H groups in total. The second-order valence-electron chi connectivity index (χ2n) is 4.92. The summed E-state index contributed by atoms with van der Waals surface area (Å²) >= 11 is 3.38. The van der Waals surface area contributed by atoms with Gasteiger partial charge in [0.05, 0.1) is 17.9 Å². The third-order valence-corrected chi connectivity index (χ3v) is 5.52. The van der Waals surface area contributed by atoms with Crippen LogP contribution < -0.4 is 5.32 Å². The second-order valence-corrected chi connectivity index (χ2v) is 8.06. The highest BCUT2D eigenvalue weighted by Gasteiger charge is 2.28. The van der Waals surface area contributed by atoms with Gasteiger partial charge in [-0.05, 0) is 36.6 Å². The van der Waals surface area contributed by atoms with Crippen molar-refractivity contribution in [2.24, 2.45) is 0 Å². The van der Waals surface area contributed by atoms with Crippen molar-refractivity contribution in [2.45, 2.75) is 25.8 Å². The highest BCUT2D eigenvalue weighted by molar-refractivity contribution is 9.10. The first-order chi connectivity index (χ1) is 8.85. The largest absolute Gasteiger partial charge is 0.352 e. The molecule has 1 atom stereocenters. The molecule has 1 unspecified atom stereocenters. The molecule has 1 aromatic carbocycles. The molecule has 1 aromatic rings. The maximum Gasteiger partial charge on any atom is 0.224 e. The van der Waals surface area contributed by atoms with Gasteiger partial charge in [0.1, 0.15) is 0 Å². The van der Waals surface area contributed by atoms with Crippen LogP contribution in [0.15, 0.2) is 22.7 Å². The van der Waals surface area contributed by atoms with Crippen molar-refractivity contribution in [2.75, 3.05) is 11.5 Å². The number of rotatable bonds is 3. The first-order valence-corrected chi connectivity index (χ1v) is 8.72. The van der Waals surface area contributed by atoms with Crippen molar-refractivity contribution in [3.63, 3.8) is 0 Å². The Bertz CT molecular complexity index is 598. The number of halogens is 1. The van der Waals surface area contributed by atoms with E-state index in [0.717, 1.165) is 15.6 Å². The number of carbonyl (C=O) groups excluding carboxylic acids is 1. The Labute approximate surface area is 121 Å². The Balaban J connectivity index is 1.97. The number of benzene rings is 1. The molecule has 1 amide bonds. The number of sulfone groups is 1. The van der Waals surface area contributed by atoms with E-state index in [0.29, 0.717) is 6.42 Å². The van der Waals surface area contributed by atoms with E-state index >= 15 is 0 Å². The molecule has 4 nitrogen and oxygen atoms in total. The van der Waals surface area contributed by atoms with Gasteiger partial charge < -0.3 is 5.32 Å². The van der Waals surface area contributed by atoms with Gasteiger partial charge in [0.2, 0.25) is 5.91 Å². The average Bonchev–Trinajstić information content (AvgIpc) is 2.63. The van der Waals surface area contributed by atoms with Crippen LogP contribution in [0.5, 0.6) is 0 Å². The fourth-order valence-electron chi connectivity index (χ4n) is 2.19. The summed E-state index contributed by atoms with van der Waals surface area (Å²) in [5.74, 6) is 0.118. The number of aryl methyl sites for hydroxylation is 1. The third kappa shape index (κ3) is 4.04. The molecule has 1 saturated heterocycles. The van der Waals surface area contributed by atoms with E-state index in [1.165, 1.54) is 0 Å². The van der Waals surface area contributed by atoms with Crippen LogP contribution >= 0.6 is 15.9 Å². The first-order valence-electron chi connectivity index (χ1n) is 6.10. The van der Waals surface area contributed by atoms with Crippen LogP contribution in [0.1, 0.15) is 17.5 Å². The lowest BCUT2D eigenvalue weighted by molar-refractivity contribution is -0.121. The fourth-order valence-corrected chi connectivity index (χ4v) is 4.27. The van der Waals surface area contributed by atoms with Gasteiger partial charge in [-0.25, -0.2) is 8.42 Å². The topological polar surface area (TPSA) is 63.2 Å². The lowest BCUT2D eigenvalue weighted by Crippen LogP contribution is -2.36. The molecular weight excluding hydrogens is 330 g/mol. The molecule has 0 aromatic heterocycles. The molecule has 0 spiro atoms. The third-order valence-electron chi connectivity index (χ3n) is 3.26. The van der Waals surface area contributed by atoms with E-state index in [2.05, 4.69) is 21.2 Å². The summed E-state index contributed by atoms with van der Waals surface area (Å²) in [6, 6.07) is 5.57. The van der Waals surface area contributed by atoms with Gasteiger partial charge >= 0.3 is 0 Å². The molecule has 2 rings (SSSR count). The maximum atomic E-state index is 11.9. The van der Waals surface area contributed by atoms with Crippen molar-refractivity contribution in [1.29, 1.82) is 0 Å². The van der Waals surface area contributed by atoms with E-state index in [1.54, 1.807) is 0 Å². The van der Waals surface area contributed by atoms with Gasteiger partial charge in [-0.3, -0.25) is 4.79 Å². The van der Waals surface area contributed by atoms with E-state index in [1.807, 2.05) is 25.1 Å². The van der Waals surface area contributed by atoms with Crippen molar-refractivity contribution in [3.05, 3.63) is 33.8 Å². The average molecular weight is 346 g/mol. The fraction of sp³-hybridized carbons (Fsp3) is 0.462. The molecule has 19 heavy (non-hydrogen) atoms. The van der Waals surface area contributed by atoms with Gasteiger partial charge in [0.15, 0.2) is 9.84 Å². The minimum atomic E-state index is -2.95. The van der Waals surface area contributed by atoms with E-state index in [9.17, 15) is 13.2 Å². The van der Waals surface area contributed by atoms with Crippen molar-refractivity contribution < 1.29 is 13.2 Å². The molecule has 1 heterocycles. The van der Waals surface area contributed by atoms with Gasteiger partial charge in [-0.1, -0.05) is 22.0 Å². The van der Waals surface area contributed by atoms with Gasteiger partial charge in [0, 0.05) is 10.5 Å². The smallest absolute Gasteiger partial charge is 0.224 e. The van der Waals surface area contributed by atoms with E-state index in [4.69, 9.17) is 0 Å². The van der Waals surface area contributed by atoms with Crippen LogP contribution in [-0.2, 0) is 21.1 Å². The monoisotopic (exact) mass is 345 g/mol. The molecule has 104 valence electrons. The highest BCUT2D eigenvalue weighted by Crippen LogP contribution is 2.17. The summed E-state index contributed by atoms with van der Waals surface area (Å²) in [6.07, 6.45) is 0.799.